The number of benzene rings is 1. The van der Waals surface area contributed by atoms with Crippen LogP contribution < -0.4 is 0 Å². The van der Waals surface area contributed by atoms with Crippen molar-refractivity contribution in [3.8, 4) is 0 Å². The van der Waals surface area contributed by atoms with Gasteiger partial charge in [-0.2, -0.15) is 0 Å². The smallest absolute Gasteiger partial charge is 0.0577 e. The van der Waals surface area contributed by atoms with Crippen LogP contribution in [-0.4, -0.2) is 22.6 Å². The lowest BCUT2D eigenvalue weighted by Gasteiger charge is -2.47. The number of aromatic nitrogens is 1. The standard InChI is InChI=1S/C18H22N2/c1-2-18-9-5-10-19-11-8-14-13-6-3-4-7-15(13)20(12-18)16(14)17(18)19/h3-4,6-7,17H,2,5,8-12H2,1H3/t17-,18+/m1/s1. The summed E-state index contributed by atoms with van der Waals surface area (Å²) in [4.78, 5) is 2.79. The van der Waals surface area contributed by atoms with Gasteiger partial charge in [0.2, 0.25) is 0 Å². The Morgan fingerprint density at radius 2 is 2.15 bits per heavy atom. The maximum atomic E-state index is 2.79. The molecule has 4 heterocycles. The van der Waals surface area contributed by atoms with Crippen LogP contribution in [0.15, 0.2) is 24.3 Å². The summed E-state index contributed by atoms with van der Waals surface area (Å²) >= 11 is 0. The summed E-state index contributed by atoms with van der Waals surface area (Å²) in [6.07, 6.45) is 5.38. The molecular weight excluding hydrogens is 244 g/mol. The summed E-state index contributed by atoms with van der Waals surface area (Å²) in [6.45, 7) is 6.24. The monoisotopic (exact) mass is 266 g/mol. The Labute approximate surface area is 120 Å². The highest BCUT2D eigenvalue weighted by molar-refractivity contribution is 5.86. The van der Waals surface area contributed by atoms with Crippen molar-refractivity contribution in [2.45, 2.75) is 45.2 Å². The minimum Gasteiger partial charge on any atom is -0.342 e. The first-order valence-electron chi connectivity index (χ1n) is 8.18. The highest BCUT2D eigenvalue weighted by Crippen LogP contribution is 2.57. The fourth-order valence-electron chi connectivity index (χ4n) is 5.35. The molecule has 20 heavy (non-hydrogen) atoms. The predicted octanol–water partition coefficient (Wildman–Crippen LogP) is 3.74. The first-order valence-corrected chi connectivity index (χ1v) is 8.18. The summed E-state index contributed by atoms with van der Waals surface area (Å²) in [5, 5.41) is 1.53. The molecule has 2 nitrogen and oxygen atoms in total. The molecule has 3 aliphatic heterocycles. The summed E-state index contributed by atoms with van der Waals surface area (Å²) in [5.74, 6) is 0. The number of para-hydroxylation sites is 1. The van der Waals surface area contributed by atoms with Gasteiger partial charge in [-0.3, -0.25) is 4.90 Å². The summed E-state index contributed by atoms with van der Waals surface area (Å²) in [5.41, 5.74) is 5.35. The third-order valence-electron chi connectivity index (χ3n) is 6.27. The average molecular weight is 266 g/mol. The zero-order valence-corrected chi connectivity index (χ0v) is 12.2. The fourth-order valence-corrected chi connectivity index (χ4v) is 5.35. The molecule has 2 atom stereocenters. The van der Waals surface area contributed by atoms with E-state index in [1.807, 2.05) is 0 Å². The van der Waals surface area contributed by atoms with Crippen molar-refractivity contribution in [3.63, 3.8) is 0 Å². The Hall–Kier alpha value is -1.28. The topological polar surface area (TPSA) is 8.17 Å². The van der Waals surface area contributed by atoms with E-state index < -0.39 is 0 Å². The highest BCUT2D eigenvalue weighted by Gasteiger charge is 2.52. The lowest BCUT2D eigenvalue weighted by Crippen LogP contribution is -2.46. The lowest BCUT2D eigenvalue weighted by atomic mass is 9.70. The van der Waals surface area contributed by atoms with Crippen LogP contribution >= 0.6 is 0 Å². The molecule has 0 radical (unpaired) electrons. The van der Waals surface area contributed by atoms with Crippen LogP contribution in [0.5, 0.6) is 0 Å². The fraction of sp³-hybridized carbons (Fsp3) is 0.556. The van der Waals surface area contributed by atoms with Gasteiger partial charge in [0.05, 0.1) is 6.04 Å². The van der Waals surface area contributed by atoms with E-state index in [4.69, 9.17) is 0 Å². The van der Waals surface area contributed by atoms with E-state index in [-0.39, 0.29) is 0 Å². The lowest BCUT2D eigenvalue weighted by molar-refractivity contribution is 0.0139. The van der Waals surface area contributed by atoms with Crippen LogP contribution in [0.1, 0.15) is 43.5 Å². The molecule has 104 valence electrons. The van der Waals surface area contributed by atoms with Crippen LogP contribution in [0.4, 0.5) is 0 Å². The maximum absolute atomic E-state index is 2.79. The van der Waals surface area contributed by atoms with Crippen LogP contribution in [0, 0.1) is 5.41 Å². The molecule has 1 aromatic heterocycles. The molecule has 0 saturated carbocycles. The SMILES string of the molecule is CC[C@]12CCCN3CCc4c(n(c5ccccc45)C1)[C@@H]32. The van der Waals surface area contributed by atoms with E-state index in [1.165, 1.54) is 56.2 Å². The van der Waals surface area contributed by atoms with Crippen LogP contribution in [-0.2, 0) is 13.0 Å². The minimum absolute atomic E-state index is 0.521. The summed E-state index contributed by atoms with van der Waals surface area (Å²) < 4.78 is 2.68. The van der Waals surface area contributed by atoms with Gasteiger partial charge in [0.15, 0.2) is 0 Å². The number of nitrogens with zero attached hydrogens (tertiary/aromatic N) is 2. The quantitative estimate of drug-likeness (QED) is 0.763. The largest absolute Gasteiger partial charge is 0.342 e. The van der Waals surface area contributed by atoms with E-state index in [2.05, 4.69) is 40.7 Å². The zero-order valence-electron chi connectivity index (χ0n) is 12.2. The number of piperidine rings is 1. The molecule has 0 bridgehead atoms. The molecule has 1 saturated heterocycles. The number of hydrogen-bond donors (Lipinski definition) is 0. The first-order chi connectivity index (χ1) is 9.84. The van der Waals surface area contributed by atoms with Crippen molar-refractivity contribution in [1.29, 1.82) is 0 Å². The summed E-state index contributed by atoms with van der Waals surface area (Å²) in [7, 11) is 0. The van der Waals surface area contributed by atoms with Crippen LogP contribution in [0.25, 0.3) is 10.9 Å². The third kappa shape index (κ3) is 1.16. The zero-order chi connectivity index (χ0) is 13.3. The predicted molar refractivity (Wildman–Crippen MR) is 81.9 cm³/mol. The molecule has 1 aromatic carbocycles. The molecule has 1 fully saturated rings. The van der Waals surface area contributed by atoms with Crippen molar-refractivity contribution < 1.29 is 0 Å². The minimum atomic E-state index is 0.521. The molecule has 0 aliphatic carbocycles. The molecule has 0 N–H and O–H groups in total. The van der Waals surface area contributed by atoms with Gasteiger partial charge in [0.25, 0.3) is 0 Å². The van der Waals surface area contributed by atoms with Crippen molar-refractivity contribution in [2.75, 3.05) is 13.1 Å². The molecule has 0 spiro atoms. The number of fused-ring (bicyclic) bond motifs is 3. The third-order valence-corrected chi connectivity index (χ3v) is 6.27. The molecule has 2 aromatic rings. The van der Waals surface area contributed by atoms with Gasteiger partial charge in [0, 0.05) is 35.1 Å². The Balaban J connectivity index is 1.84. The van der Waals surface area contributed by atoms with Crippen LogP contribution in [0.2, 0.25) is 0 Å². The second kappa shape index (κ2) is 3.67. The molecule has 0 unspecified atom stereocenters. The second-order valence-corrected chi connectivity index (χ2v) is 6.98. The van der Waals surface area contributed by atoms with Crippen molar-refractivity contribution in [3.05, 3.63) is 35.5 Å². The van der Waals surface area contributed by atoms with Crippen LogP contribution in [0.3, 0.4) is 0 Å². The van der Waals surface area contributed by atoms with Crippen molar-refractivity contribution in [1.82, 2.24) is 9.47 Å². The number of rotatable bonds is 1. The number of hydrogen-bond acceptors (Lipinski definition) is 1. The van der Waals surface area contributed by atoms with E-state index in [0.717, 1.165) is 0 Å². The van der Waals surface area contributed by atoms with E-state index in [0.29, 0.717) is 11.5 Å². The van der Waals surface area contributed by atoms with Gasteiger partial charge >= 0.3 is 0 Å². The van der Waals surface area contributed by atoms with Gasteiger partial charge in [-0.25, -0.2) is 0 Å². The Morgan fingerprint density at radius 3 is 3.05 bits per heavy atom. The molecule has 2 heteroatoms. The van der Waals surface area contributed by atoms with Gasteiger partial charge in [-0.1, -0.05) is 25.1 Å². The van der Waals surface area contributed by atoms with Gasteiger partial charge in [0.1, 0.15) is 0 Å². The molecule has 3 aliphatic rings. The maximum Gasteiger partial charge on any atom is 0.0577 e. The average Bonchev–Trinajstić information content (AvgIpc) is 3.00. The van der Waals surface area contributed by atoms with Gasteiger partial charge < -0.3 is 4.57 Å². The normalized spacial score (nSPS) is 31.8. The summed E-state index contributed by atoms with van der Waals surface area (Å²) in [6, 6.07) is 9.78. The molecule has 5 rings (SSSR count). The highest BCUT2D eigenvalue weighted by atomic mass is 15.2. The van der Waals surface area contributed by atoms with Crippen molar-refractivity contribution in [2.24, 2.45) is 5.41 Å². The van der Waals surface area contributed by atoms with Gasteiger partial charge in [-0.05, 0) is 43.9 Å². The Bertz CT molecular complexity index is 699. The first kappa shape index (κ1) is 11.4. The molecular formula is C18H22N2. The second-order valence-electron chi connectivity index (χ2n) is 6.98. The Morgan fingerprint density at radius 1 is 1.25 bits per heavy atom. The molecule has 0 amide bonds. The Kier molecular flexibility index (Phi) is 2.09. The van der Waals surface area contributed by atoms with E-state index >= 15 is 0 Å². The van der Waals surface area contributed by atoms with Crippen molar-refractivity contribution >= 4 is 10.9 Å². The van der Waals surface area contributed by atoms with E-state index in [9.17, 15) is 0 Å². The van der Waals surface area contributed by atoms with Gasteiger partial charge in [-0.15, -0.1) is 0 Å². The van der Waals surface area contributed by atoms with E-state index in [1.54, 1.807) is 11.3 Å².